The Hall–Kier alpha value is -4.28. The van der Waals surface area contributed by atoms with E-state index < -0.39 is 0 Å². The number of pyridine rings is 1. The summed E-state index contributed by atoms with van der Waals surface area (Å²) in [5.74, 6) is 0.0361. The van der Waals surface area contributed by atoms with Crippen LogP contribution in [0.1, 0.15) is 44.1 Å². The summed E-state index contributed by atoms with van der Waals surface area (Å²) in [4.78, 5) is 33.5. The second-order valence-corrected chi connectivity index (χ2v) is 8.69. The van der Waals surface area contributed by atoms with Crippen molar-refractivity contribution in [3.8, 4) is 11.5 Å². The predicted molar refractivity (Wildman–Crippen MR) is 131 cm³/mol. The number of ether oxygens (including phenoxy) is 1. The van der Waals surface area contributed by atoms with Crippen molar-refractivity contribution >= 4 is 28.6 Å². The van der Waals surface area contributed by atoms with Crippen LogP contribution in [0.3, 0.4) is 0 Å². The fourth-order valence-electron chi connectivity index (χ4n) is 4.28. The van der Waals surface area contributed by atoms with Gasteiger partial charge in [0.25, 0.3) is 5.89 Å². The summed E-state index contributed by atoms with van der Waals surface area (Å²) < 4.78 is 12.4. The Morgan fingerprint density at radius 1 is 1.25 bits per heavy atom. The average molecular weight is 490 g/mol. The fourth-order valence-corrected chi connectivity index (χ4v) is 4.28. The first-order valence-electron chi connectivity index (χ1n) is 12.0. The molecule has 1 amide bonds. The molecule has 0 aliphatic carbocycles. The molecule has 11 heteroatoms. The number of benzene rings is 1. The first-order valence-corrected chi connectivity index (χ1v) is 12.0. The fraction of sp³-hybridized carbons (Fsp3) is 0.360. The number of hydrogen-bond acceptors (Lipinski definition) is 9. The number of carbonyl (C=O) groups is 2. The van der Waals surface area contributed by atoms with Crippen molar-refractivity contribution in [3.63, 3.8) is 0 Å². The van der Waals surface area contributed by atoms with E-state index >= 15 is 0 Å². The summed E-state index contributed by atoms with van der Waals surface area (Å²) in [5, 5.41) is 15.6. The van der Waals surface area contributed by atoms with Gasteiger partial charge in [-0.15, -0.1) is 0 Å². The van der Waals surface area contributed by atoms with E-state index in [1.807, 2.05) is 44.2 Å². The molecule has 11 nitrogen and oxygen atoms in total. The van der Waals surface area contributed by atoms with Gasteiger partial charge in [0, 0.05) is 25.2 Å². The molecule has 36 heavy (non-hydrogen) atoms. The van der Waals surface area contributed by atoms with Gasteiger partial charge in [0.2, 0.25) is 5.91 Å². The van der Waals surface area contributed by atoms with Gasteiger partial charge >= 0.3 is 5.97 Å². The van der Waals surface area contributed by atoms with Crippen molar-refractivity contribution in [1.29, 1.82) is 0 Å². The van der Waals surface area contributed by atoms with Gasteiger partial charge in [-0.2, -0.15) is 10.1 Å². The molecule has 1 aliphatic heterocycles. The van der Waals surface area contributed by atoms with Gasteiger partial charge in [-0.1, -0.05) is 35.5 Å². The molecular weight excluding hydrogens is 462 g/mol. The number of hydrogen-bond donors (Lipinski definition) is 2. The highest BCUT2D eigenvalue weighted by Gasteiger charge is 2.25. The highest BCUT2D eigenvalue weighted by Crippen LogP contribution is 2.34. The normalized spacial score (nSPS) is 16.5. The van der Waals surface area contributed by atoms with Crippen molar-refractivity contribution in [1.82, 2.24) is 30.2 Å². The third-order valence-corrected chi connectivity index (χ3v) is 6.15. The topological polar surface area (TPSA) is 137 Å². The van der Waals surface area contributed by atoms with Gasteiger partial charge < -0.3 is 19.9 Å². The Bertz CT molecular complexity index is 1380. The zero-order valence-corrected chi connectivity index (χ0v) is 20.1. The first kappa shape index (κ1) is 23.5. The Morgan fingerprint density at radius 3 is 2.86 bits per heavy atom. The number of cyclic esters (lactones) is 1. The molecule has 5 rings (SSSR count). The molecule has 1 saturated heterocycles. The van der Waals surface area contributed by atoms with Crippen LogP contribution >= 0.6 is 0 Å². The zero-order chi connectivity index (χ0) is 25.1. The summed E-state index contributed by atoms with van der Waals surface area (Å²) in [6.07, 6.45) is 4.27. The summed E-state index contributed by atoms with van der Waals surface area (Å²) in [7, 11) is 0. The van der Waals surface area contributed by atoms with Crippen molar-refractivity contribution in [3.05, 3.63) is 54.1 Å². The molecule has 2 N–H and O–H groups in total. The Morgan fingerprint density at radius 2 is 2.08 bits per heavy atom. The maximum absolute atomic E-state index is 12.6. The monoisotopic (exact) mass is 489 g/mol. The van der Waals surface area contributed by atoms with E-state index in [0.29, 0.717) is 36.5 Å². The van der Waals surface area contributed by atoms with Crippen LogP contribution in [0.2, 0.25) is 0 Å². The van der Waals surface area contributed by atoms with E-state index in [2.05, 4.69) is 30.9 Å². The van der Waals surface area contributed by atoms with Crippen molar-refractivity contribution < 1.29 is 18.8 Å². The van der Waals surface area contributed by atoms with Crippen molar-refractivity contribution in [2.75, 3.05) is 11.9 Å². The minimum atomic E-state index is -0.245. The lowest BCUT2D eigenvalue weighted by molar-refractivity contribution is -0.147. The molecule has 1 fully saturated rings. The molecule has 0 bridgehead atoms. The molecule has 2 unspecified atom stereocenters. The number of fused-ring (bicyclic) bond motifs is 1. The lowest BCUT2D eigenvalue weighted by atomic mass is 10.1. The molecule has 4 heterocycles. The molecule has 1 aliphatic rings. The molecule has 4 aromatic rings. The van der Waals surface area contributed by atoms with Crippen molar-refractivity contribution in [2.24, 2.45) is 0 Å². The number of carbonyl (C=O) groups excluding carboxylic acids is 2. The molecule has 0 saturated carbocycles. The average Bonchev–Trinajstić information content (AvgIpc) is 3.51. The van der Waals surface area contributed by atoms with Crippen LogP contribution < -0.4 is 10.6 Å². The first-order chi connectivity index (χ1) is 17.5. The number of aromatic nitrogens is 5. The summed E-state index contributed by atoms with van der Waals surface area (Å²) in [6.45, 7) is 4.92. The minimum Gasteiger partial charge on any atom is -0.466 e. The van der Waals surface area contributed by atoms with Gasteiger partial charge in [-0.25, -0.2) is 9.67 Å². The third kappa shape index (κ3) is 4.90. The molecule has 3 aromatic heterocycles. The molecule has 0 radical (unpaired) electrons. The number of amides is 1. The van der Waals surface area contributed by atoms with Gasteiger partial charge in [-0.05, 0) is 19.4 Å². The SMILES string of the molecule is CCn1ncc2c(NC3CCOC(=O)C3)c(-c3nc(CC(=O)NC(C)c4ccccc4)no3)cnc21. The lowest BCUT2D eigenvalue weighted by Gasteiger charge is -2.24. The van der Waals surface area contributed by atoms with Gasteiger partial charge in [0.15, 0.2) is 11.5 Å². The van der Waals surface area contributed by atoms with Crippen LogP contribution in [0.25, 0.3) is 22.5 Å². The summed E-state index contributed by atoms with van der Waals surface area (Å²) in [5.41, 5.74) is 3.00. The number of nitrogens with one attached hydrogen (secondary N) is 2. The molecule has 186 valence electrons. The Kier molecular flexibility index (Phi) is 6.61. The highest BCUT2D eigenvalue weighted by atomic mass is 16.5. The number of rotatable bonds is 8. The van der Waals surface area contributed by atoms with E-state index in [-0.39, 0.29) is 48.5 Å². The second kappa shape index (κ2) is 10.1. The molecule has 1 aromatic carbocycles. The van der Waals surface area contributed by atoms with E-state index in [1.54, 1.807) is 17.1 Å². The van der Waals surface area contributed by atoms with Crippen LogP contribution in [0.15, 0.2) is 47.2 Å². The summed E-state index contributed by atoms with van der Waals surface area (Å²) in [6, 6.07) is 9.45. The van der Waals surface area contributed by atoms with E-state index in [9.17, 15) is 9.59 Å². The van der Waals surface area contributed by atoms with E-state index in [4.69, 9.17) is 9.26 Å². The van der Waals surface area contributed by atoms with Crippen LogP contribution in [0.4, 0.5) is 5.69 Å². The quantitative estimate of drug-likeness (QED) is 0.358. The predicted octanol–water partition coefficient (Wildman–Crippen LogP) is 3.04. The Balaban J connectivity index is 1.39. The number of anilines is 1. The van der Waals surface area contributed by atoms with E-state index in [1.165, 1.54) is 0 Å². The molecular formula is C25H27N7O4. The maximum Gasteiger partial charge on any atom is 0.307 e. The molecule has 0 spiro atoms. The smallest absolute Gasteiger partial charge is 0.307 e. The minimum absolute atomic E-state index is 0.0264. The van der Waals surface area contributed by atoms with Gasteiger partial charge in [0.1, 0.15) is 0 Å². The number of aryl methyl sites for hydroxylation is 1. The largest absolute Gasteiger partial charge is 0.466 e. The lowest BCUT2D eigenvalue weighted by Crippen LogP contribution is -2.31. The van der Waals surface area contributed by atoms with Crippen LogP contribution in [0, 0.1) is 0 Å². The maximum atomic E-state index is 12.6. The Labute approximate surface area is 207 Å². The van der Waals surface area contributed by atoms with Gasteiger partial charge in [-0.3, -0.25) is 9.59 Å². The van der Waals surface area contributed by atoms with Crippen LogP contribution in [-0.4, -0.2) is 49.4 Å². The number of esters is 1. The number of nitrogens with zero attached hydrogens (tertiary/aromatic N) is 5. The highest BCUT2D eigenvalue weighted by molar-refractivity contribution is 5.96. The van der Waals surface area contributed by atoms with Crippen LogP contribution in [-0.2, 0) is 27.3 Å². The summed E-state index contributed by atoms with van der Waals surface area (Å²) >= 11 is 0. The second-order valence-electron chi connectivity index (χ2n) is 8.69. The molecule has 2 atom stereocenters. The van der Waals surface area contributed by atoms with Crippen molar-refractivity contribution in [2.45, 2.75) is 51.7 Å². The van der Waals surface area contributed by atoms with E-state index in [0.717, 1.165) is 10.9 Å². The third-order valence-electron chi connectivity index (χ3n) is 6.15. The van der Waals surface area contributed by atoms with Crippen LogP contribution in [0.5, 0.6) is 0 Å². The van der Waals surface area contributed by atoms with Gasteiger partial charge in [0.05, 0.1) is 48.3 Å². The standard InChI is InChI=1S/C25H27N7O4/c1-3-32-24-18(14-27-32)23(29-17-9-10-35-22(34)11-17)19(13-26-24)25-30-20(31-36-25)12-21(33)28-15(2)16-7-5-4-6-8-16/h4-8,13-15,17H,3,9-12H2,1-2H3,(H,26,29)(H,28,33). The zero-order valence-electron chi connectivity index (χ0n) is 20.1.